The molecule has 1 aliphatic rings. The van der Waals surface area contributed by atoms with Gasteiger partial charge < -0.3 is 19.7 Å². The summed E-state index contributed by atoms with van der Waals surface area (Å²) in [4.78, 5) is 25.8. The third-order valence-electron chi connectivity index (χ3n) is 3.80. The summed E-state index contributed by atoms with van der Waals surface area (Å²) in [7, 11) is 2.05. The van der Waals surface area contributed by atoms with Gasteiger partial charge in [-0.3, -0.25) is 0 Å². The van der Waals surface area contributed by atoms with Gasteiger partial charge >= 0.3 is 6.09 Å². The number of anilines is 1. The van der Waals surface area contributed by atoms with Crippen LogP contribution in [0.15, 0.2) is 18.2 Å². The number of aldehydes is 1. The summed E-state index contributed by atoms with van der Waals surface area (Å²) in [5.74, 6) is 0. The fourth-order valence-corrected chi connectivity index (χ4v) is 2.58. The molecule has 1 amide bonds. The summed E-state index contributed by atoms with van der Waals surface area (Å²) in [5, 5.41) is 2.68. The van der Waals surface area contributed by atoms with E-state index in [2.05, 4.69) is 10.2 Å². The van der Waals surface area contributed by atoms with Gasteiger partial charge in [0, 0.05) is 19.3 Å². The number of ether oxygens (including phenoxy) is 1. The van der Waals surface area contributed by atoms with Crippen molar-refractivity contribution in [2.45, 2.75) is 45.3 Å². The summed E-state index contributed by atoms with van der Waals surface area (Å²) in [5.41, 5.74) is 1.43. The lowest BCUT2D eigenvalue weighted by Gasteiger charge is -2.28. The predicted octanol–water partition coefficient (Wildman–Crippen LogP) is 2.62. The van der Waals surface area contributed by atoms with Crippen molar-refractivity contribution in [3.8, 4) is 0 Å². The van der Waals surface area contributed by atoms with E-state index in [4.69, 9.17) is 4.74 Å². The molecule has 1 aromatic rings. The largest absolute Gasteiger partial charge is 0.444 e. The second-order valence-corrected chi connectivity index (χ2v) is 6.96. The van der Waals surface area contributed by atoms with Crippen molar-refractivity contribution in [3.63, 3.8) is 0 Å². The van der Waals surface area contributed by atoms with Crippen molar-refractivity contribution in [3.05, 3.63) is 29.3 Å². The van der Waals surface area contributed by atoms with Gasteiger partial charge in [0.15, 0.2) is 0 Å². The van der Waals surface area contributed by atoms with Crippen molar-refractivity contribution in [1.82, 2.24) is 5.32 Å². The van der Waals surface area contributed by atoms with Crippen LogP contribution in [0, 0.1) is 0 Å². The maximum atomic E-state index is 12.0. The molecule has 0 bridgehead atoms. The van der Waals surface area contributed by atoms with Gasteiger partial charge in [-0.1, -0.05) is 12.1 Å². The van der Waals surface area contributed by atoms with Crippen LogP contribution in [-0.2, 0) is 21.5 Å². The molecule has 1 atom stereocenters. The van der Waals surface area contributed by atoms with Gasteiger partial charge in [-0.2, -0.15) is 0 Å². The standard InChI is InChI=1S/C17H24N2O3/c1-16(2,3)22-15(21)18-17(4,11-20)13-6-7-14-12(10-13)8-9-19(14)5/h6-7,10-11H,8-9H2,1-5H3,(H,18,21). The average Bonchev–Trinajstić information content (AvgIpc) is 2.77. The van der Waals surface area contributed by atoms with Crippen molar-refractivity contribution in [1.29, 1.82) is 0 Å². The zero-order valence-electron chi connectivity index (χ0n) is 13.9. The Hall–Kier alpha value is -2.04. The average molecular weight is 304 g/mol. The molecule has 0 radical (unpaired) electrons. The normalized spacial score (nSPS) is 16.7. The number of fused-ring (bicyclic) bond motifs is 1. The van der Waals surface area contributed by atoms with Gasteiger partial charge in [0.2, 0.25) is 0 Å². The fourth-order valence-electron chi connectivity index (χ4n) is 2.58. The van der Waals surface area contributed by atoms with Crippen LogP contribution in [0.2, 0.25) is 0 Å². The smallest absolute Gasteiger partial charge is 0.408 e. The van der Waals surface area contributed by atoms with Crippen LogP contribution in [0.4, 0.5) is 10.5 Å². The van der Waals surface area contributed by atoms with E-state index in [9.17, 15) is 9.59 Å². The van der Waals surface area contributed by atoms with Crippen molar-refractivity contribution in [2.75, 3.05) is 18.5 Å². The Morgan fingerprint density at radius 2 is 2.00 bits per heavy atom. The van der Waals surface area contributed by atoms with Gasteiger partial charge in [-0.05, 0) is 51.3 Å². The lowest BCUT2D eigenvalue weighted by molar-refractivity contribution is -0.113. The van der Waals surface area contributed by atoms with Crippen LogP contribution in [0.25, 0.3) is 0 Å². The first kappa shape index (κ1) is 16.3. The molecule has 5 nitrogen and oxygen atoms in total. The highest BCUT2D eigenvalue weighted by Gasteiger charge is 2.31. The van der Waals surface area contributed by atoms with E-state index in [0.717, 1.165) is 24.8 Å². The zero-order valence-corrected chi connectivity index (χ0v) is 13.9. The number of alkyl carbamates (subject to hydrolysis) is 1. The minimum atomic E-state index is -1.10. The second kappa shape index (κ2) is 5.63. The first-order valence-corrected chi connectivity index (χ1v) is 7.47. The SMILES string of the molecule is CN1CCc2cc(C(C)(C=O)NC(=O)OC(C)(C)C)ccc21. The molecule has 1 aliphatic heterocycles. The minimum Gasteiger partial charge on any atom is -0.444 e. The highest BCUT2D eigenvalue weighted by molar-refractivity contribution is 5.78. The summed E-state index contributed by atoms with van der Waals surface area (Å²) < 4.78 is 5.25. The summed E-state index contributed by atoms with van der Waals surface area (Å²) in [6.07, 6.45) is 1.10. The Labute approximate surface area is 131 Å². The number of carbonyl (C=O) groups excluding carboxylic acids is 2. The topological polar surface area (TPSA) is 58.6 Å². The molecule has 120 valence electrons. The van der Waals surface area contributed by atoms with Crippen LogP contribution in [0.5, 0.6) is 0 Å². The summed E-state index contributed by atoms with van der Waals surface area (Å²) >= 11 is 0. The lowest BCUT2D eigenvalue weighted by Crippen LogP contribution is -2.47. The molecule has 22 heavy (non-hydrogen) atoms. The molecular weight excluding hydrogens is 280 g/mol. The Balaban J connectivity index is 2.23. The van der Waals surface area contributed by atoms with E-state index in [-0.39, 0.29) is 0 Å². The number of amides is 1. The number of carbonyl (C=O) groups is 2. The van der Waals surface area contributed by atoms with Crippen LogP contribution >= 0.6 is 0 Å². The maximum Gasteiger partial charge on any atom is 0.408 e. The monoisotopic (exact) mass is 304 g/mol. The molecule has 1 heterocycles. The molecule has 0 saturated carbocycles. The molecule has 1 unspecified atom stereocenters. The molecule has 0 aliphatic carbocycles. The molecule has 0 saturated heterocycles. The first-order chi connectivity index (χ1) is 10.1. The third-order valence-corrected chi connectivity index (χ3v) is 3.80. The van der Waals surface area contributed by atoms with Crippen molar-refractivity contribution >= 4 is 18.1 Å². The molecule has 0 spiro atoms. The van der Waals surface area contributed by atoms with Gasteiger partial charge in [-0.15, -0.1) is 0 Å². The molecular formula is C17H24N2O3. The number of benzene rings is 1. The molecule has 2 rings (SSSR count). The van der Waals surface area contributed by atoms with Crippen LogP contribution < -0.4 is 10.2 Å². The Bertz CT molecular complexity index is 592. The third kappa shape index (κ3) is 3.40. The van der Waals surface area contributed by atoms with Gasteiger partial charge in [0.25, 0.3) is 0 Å². The number of nitrogens with one attached hydrogen (secondary N) is 1. The first-order valence-electron chi connectivity index (χ1n) is 7.47. The number of hydrogen-bond acceptors (Lipinski definition) is 4. The van der Waals surface area contributed by atoms with Gasteiger partial charge in [0.1, 0.15) is 17.4 Å². The Morgan fingerprint density at radius 1 is 1.32 bits per heavy atom. The van der Waals surface area contributed by atoms with E-state index in [1.54, 1.807) is 27.7 Å². The van der Waals surface area contributed by atoms with Crippen molar-refractivity contribution < 1.29 is 14.3 Å². The van der Waals surface area contributed by atoms with E-state index in [1.807, 2.05) is 25.2 Å². The summed E-state index contributed by atoms with van der Waals surface area (Å²) in [6, 6.07) is 5.87. The number of nitrogens with zero attached hydrogens (tertiary/aromatic N) is 1. The van der Waals surface area contributed by atoms with E-state index >= 15 is 0 Å². The highest BCUT2D eigenvalue weighted by atomic mass is 16.6. The molecule has 1 aromatic carbocycles. The highest BCUT2D eigenvalue weighted by Crippen LogP contribution is 2.30. The summed E-state index contributed by atoms with van der Waals surface area (Å²) in [6.45, 7) is 8.02. The number of likely N-dealkylation sites (N-methyl/N-ethyl adjacent to an activating group) is 1. The number of rotatable bonds is 3. The van der Waals surface area contributed by atoms with E-state index < -0.39 is 17.2 Å². The Morgan fingerprint density at radius 3 is 2.59 bits per heavy atom. The minimum absolute atomic E-state index is 0.597. The molecule has 5 heteroatoms. The molecule has 0 aromatic heterocycles. The Kier molecular flexibility index (Phi) is 4.18. The van der Waals surface area contributed by atoms with Crippen LogP contribution in [-0.4, -0.2) is 31.6 Å². The predicted molar refractivity (Wildman–Crippen MR) is 86.2 cm³/mol. The second-order valence-electron chi connectivity index (χ2n) is 6.96. The van der Waals surface area contributed by atoms with E-state index in [0.29, 0.717) is 0 Å². The van der Waals surface area contributed by atoms with E-state index in [1.165, 1.54) is 11.3 Å². The quantitative estimate of drug-likeness (QED) is 0.872. The molecule has 1 N–H and O–H groups in total. The van der Waals surface area contributed by atoms with Gasteiger partial charge in [0.05, 0.1) is 0 Å². The van der Waals surface area contributed by atoms with Gasteiger partial charge in [-0.25, -0.2) is 4.79 Å². The van der Waals surface area contributed by atoms with Crippen LogP contribution in [0.3, 0.4) is 0 Å². The maximum absolute atomic E-state index is 12.0. The fraction of sp³-hybridized carbons (Fsp3) is 0.529. The molecule has 0 fully saturated rings. The lowest BCUT2D eigenvalue weighted by atomic mass is 9.91. The van der Waals surface area contributed by atoms with Crippen molar-refractivity contribution in [2.24, 2.45) is 0 Å². The van der Waals surface area contributed by atoms with Crippen LogP contribution in [0.1, 0.15) is 38.8 Å². The zero-order chi connectivity index (χ0) is 16.5. The number of hydrogen-bond donors (Lipinski definition) is 1.